The van der Waals surface area contributed by atoms with Crippen LogP contribution in [0.1, 0.15) is 10.6 Å². The van der Waals surface area contributed by atoms with Crippen molar-refractivity contribution < 1.29 is 0 Å². The van der Waals surface area contributed by atoms with E-state index in [0.29, 0.717) is 0 Å². The van der Waals surface area contributed by atoms with E-state index in [-0.39, 0.29) is 0 Å². The quantitative estimate of drug-likeness (QED) is 0.584. The first-order valence-electron chi connectivity index (χ1n) is 7.14. The lowest BCUT2D eigenvalue weighted by Gasteiger charge is -2.29. The molecular formula is C16H14BrN4PS. The van der Waals surface area contributed by atoms with Crippen molar-refractivity contribution in [2.45, 2.75) is 6.92 Å². The molecule has 7 heteroatoms. The first kappa shape index (κ1) is 15.1. The Labute approximate surface area is 148 Å². The summed E-state index contributed by atoms with van der Waals surface area (Å²) in [5.74, 6) is 1.92. The smallest absolute Gasteiger partial charge is 0.168 e. The molecule has 0 saturated carbocycles. The molecule has 23 heavy (non-hydrogen) atoms. The molecular weight excluding hydrogens is 391 g/mol. The molecule has 0 spiro atoms. The van der Waals surface area contributed by atoms with Gasteiger partial charge in [-0.05, 0) is 46.0 Å². The highest BCUT2D eigenvalue weighted by Gasteiger charge is 2.32. The normalized spacial score (nSPS) is 17.1. The molecule has 3 aromatic rings. The SMILES string of the molecule is Cc1nn(-c2ccccc2)c2c1P(Br)N(C)C(c1cccs1)=N2. The molecule has 0 amide bonds. The van der Waals surface area contributed by atoms with E-state index in [1.54, 1.807) is 11.3 Å². The molecule has 0 radical (unpaired) electrons. The van der Waals surface area contributed by atoms with E-state index in [9.17, 15) is 0 Å². The average molecular weight is 405 g/mol. The zero-order valence-corrected chi connectivity index (χ0v) is 15.9. The molecule has 4 rings (SSSR count). The Morgan fingerprint density at radius 2 is 1.91 bits per heavy atom. The van der Waals surface area contributed by atoms with Crippen LogP contribution in [0.4, 0.5) is 5.82 Å². The number of hydrogen-bond acceptors (Lipinski definition) is 4. The van der Waals surface area contributed by atoms with E-state index in [1.807, 2.05) is 29.8 Å². The molecule has 1 aliphatic rings. The number of benzene rings is 1. The molecule has 0 saturated heterocycles. The van der Waals surface area contributed by atoms with Crippen LogP contribution in [-0.2, 0) is 0 Å². The lowest BCUT2D eigenvalue weighted by Crippen LogP contribution is -2.28. The number of aliphatic imine (C=N–C) groups is 1. The van der Waals surface area contributed by atoms with Gasteiger partial charge in [-0.3, -0.25) is 0 Å². The van der Waals surface area contributed by atoms with Gasteiger partial charge in [0.15, 0.2) is 11.7 Å². The fraction of sp³-hybridized carbons (Fsp3) is 0.125. The van der Waals surface area contributed by atoms with Crippen LogP contribution in [0.15, 0.2) is 52.8 Å². The highest BCUT2D eigenvalue weighted by Crippen LogP contribution is 2.53. The fourth-order valence-corrected chi connectivity index (χ4v) is 6.35. The van der Waals surface area contributed by atoms with E-state index in [2.05, 4.69) is 56.9 Å². The number of rotatable bonds is 2. The fourth-order valence-electron chi connectivity index (χ4n) is 2.60. The van der Waals surface area contributed by atoms with Crippen molar-refractivity contribution in [1.82, 2.24) is 14.5 Å². The number of hydrogen-bond donors (Lipinski definition) is 0. The van der Waals surface area contributed by atoms with Gasteiger partial charge in [-0.25, -0.2) is 9.67 Å². The summed E-state index contributed by atoms with van der Waals surface area (Å²) in [6, 6.07) is 14.3. The van der Waals surface area contributed by atoms with Gasteiger partial charge in [0, 0.05) is 7.05 Å². The Hall–Kier alpha value is -1.49. The second-order valence-corrected chi connectivity index (χ2v) is 9.73. The maximum Gasteiger partial charge on any atom is 0.168 e. The third kappa shape index (κ3) is 2.45. The van der Waals surface area contributed by atoms with E-state index < -0.39 is 6.77 Å². The summed E-state index contributed by atoms with van der Waals surface area (Å²) in [6.07, 6.45) is 0. The maximum absolute atomic E-state index is 4.96. The molecule has 116 valence electrons. The number of aryl methyl sites for hydroxylation is 1. The molecule has 4 nitrogen and oxygen atoms in total. The number of thiophene rings is 1. The molecule has 1 unspecified atom stereocenters. The summed E-state index contributed by atoms with van der Waals surface area (Å²) < 4.78 is 4.16. The van der Waals surface area contributed by atoms with Gasteiger partial charge in [-0.15, -0.1) is 11.3 Å². The standard InChI is InChI=1S/C16H14BrN4PS/c1-11-14-16(21(19-11)12-7-4-3-5-8-12)18-15(20(2)22(14)17)13-9-6-10-23-13/h3-10H,1-2H3. The Kier molecular flexibility index (Phi) is 3.84. The number of nitrogens with zero attached hydrogens (tertiary/aromatic N) is 4. The van der Waals surface area contributed by atoms with Gasteiger partial charge in [0.2, 0.25) is 0 Å². The number of aromatic nitrogens is 2. The van der Waals surface area contributed by atoms with Crippen LogP contribution in [0.25, 0.3) is 5.69 Å². The van der Waals surface area contributed by atoms with Gasteiger partial charge in [0.1, 0.15) is 6.77 Å². The van der Waals surface area contributed by atoms with Crippen molar-refractivity contribution in [2.24, 2.45) is 4.99 Å². The lowest BCUT2D eigenvalue weighted by atomic mass is 10.3. The summed E-state index contributed by atoms with van der Waals surface area (Å²) in [5.41, 5.74) is 2.05. The van der Waals surface area contributed by atoms with Gasteiger partial charge < -0.3 is 4.67 Å². The molecule has 0 N–H and O–H groups in total. The van der Waals surface area contributed by atoms with Gasteiger partial charge in [0.25, 0.3) is 0 Å². The van der Waals surface area contributed by atoms with Gasteiger partial charge in [0.05, 0.1) is 21.6 Å². The molecule has 3 heterocycles. The summed E-state index contributed by atoms with van der Waals surface area (Å²) in [7, 11) is 2.08. The Balaban J connectivity index is 1.94. The zero-order valence-electron chi connectivity index (χ0n) is 12.6. The van der Waals surface area contributed by atoms with Crippen LogP contribution in [0.5, 0.6) is 0 Å². The minimum Gasteiger partial charge on any atom is -0.324 e. The van der Waals surface area contributed by atoms with Crippen molar-refractivity contribution >= 4 is 50.6 Å². The van der Waals surface area contributed by atoms with E-state index in [4.69, 9.17) is 10.1 Å². The van der Waals surface area contributed by atoms with Crippen LogP contribution in [-0.4, -0.2) is 27.3 Å². The summed E-state index contributed by atoms with van der Waals surface area (Å²) in [6.45, 7) is 1.39. The predicted molar refractivity (Wildman–Crippen MR) is 102 cm³/mol. The minimum absolute atomic E-state index is 0.665. The third-order valence-electron chi connectivity index (χ3n) is 3.71. The van der Waals surface area contributed by atoms with Crippen LogP contribution in [0.3, 0.4) is 0 Å². The molecule has 2 aromatic heterocycles. The van der Waals surface area contributed by atoms with Crippen LogP contribution in [0.2, 0.25) is 0 Å². The van der Waals surface area contributed by atoms with Gasteiger partial charge >= 0.3 is 0 Å². The third-order valence-corrected chi connectivity index (χ3v) is 8.68. The second kappa shape index (κ2) is 5.86. The number of fused-ring (bicyclic) bond motifs is 1. The van der Waals surface area contributed by atoms with Crippen LogP contribution < -0.4 is 5.30 Å². The van der Waals surface area contributed by atoms with Crippen molar-refractivity contribution in [2.75, 3.05) is 7.05 Å². The summed E-state index contributed by atoms with van der Waals surface area (Å²) in [5, 5.41) is 8.00. The van der Waals surface area contributed by atoms with Crippen LogP contribution in [0, 0.1) is 6.92 Å². The van der Waals surface area contributed by atoms with E-state index >= 15 is 0 Å². The molecule has 0 fully saturated rings. The molecule has 0 bridgehead atoms. The van der Waals surface area contributed by atoms with Crippen LogP contribution >= 0.6 is 33.6 Å². The van der Waals surface area contributed by atoms with Gasteiger partial charge in [-0.2, -0.15) is 5.10 Å². The average Bonchev–Trinajstić information content (AvgIpc) is 3.20. The van der Waals surface area contributed by atoms with Crippen molar-refractivity contribution in [1.29, 1.82) is 0 Å². The number of para-hydroxylation sites is 1. The number of amidine groups is 1. The van der Waals surface area contributed by atoms with Crippen molar-refractivity contribution in [3.63, 3.8) is 0 Å². The van der Waals surface area contributed by atoms with Crippen molar-refractivity contribution in [3.05, 3.63) is 58.4 Å². The predicted octanol–water partition coefficient (Wildman–Crippen LogP) is 4.60. The first-order valence-corrected chi connectivity index (χ1v) is 11.3. The highest BCUT2D eigenvalue weighted by atomic mass is 79.9. The molecule has 1 aliphatic heterocycles. The zero-order chi connectivity index (χ0) is 16.0. The minimum atomic E-state index is -0.665. The molecule has 1 atom stereocenters. The Morgan fingerprint density at radius 1 is 1.13 bits per heavy atom. The maximum atomic E-state index is 4.96. The largest absolute Gasteiger partial charge is 0.324 e. The Morgan fingerprint density at radius 3 is 2.61 bits per heavy atom. The highest BCUT2D eigenvalue weighted by molar-refractivity contribution is 9.40. The summed E-state index contributed by atoms with van der Waals surface area (Å²) >= 11 is 5.58. The van der Waals surface area contributed by atoms with Gasteiger partial charge in [-0.1, -0.05) is 24.3 Å². The van der Waals surface area contributed by atoms with E-state index in [1.165, 1.54) is 10.2 Å². The summed E-state index contributed by atoms with van der Waals surface area (Å²) in [4.78, 5) is 6.13. The monoisotopic (exact) mass is 404 g/mol. The molecule has 1 aromatic carbocycles. The first-order chi connectivity index (χ1) is 11.2. The van der Waals surface area contributed by atoms with E-state index in [0.717, 1.165) is 23.0 Å². The Bertz CT molecular complexity index is 873. The van der Waals surface area contributed by atoms with Crippen molar-refractivity contribution in [3.8, 4) is 5.69 Å². The second-order valence-electron chi connectivity index (χ2n) is 5.20. The molecule has 0 aliphatic carbocycles. The number of halogens is 1. The lowest BCUT2D eigenvalue weighted by molar-refractivity contribution is 0.821. The topological polar surface area (TPSA) is 33.4 Å².